The maximum absolute atomic E-state index is 13.1. The largest absolute Gasteiger partial charge is 0.497 e. The van der Waals surface area contributed by atoms with Gasteiger partial charge in [0.1, 0.15) is 5.75 Å². The van der Waals surface area contributed by atoms with Gasteiger partial charge in [-0.3, -0.25) is 9.59 Å². The third-order valence-corrected chi connectivity index (χ3v) is 8.00. The molecule has 0 aliphatic rings. The number of ketones is 1. The van der Waals surface area contributed by atoms with Crippen molar-refractivity contribution in [1.29, 1.82) is 0 Å². The van der Waals surface area contributed by atoms with Gasteiger partial charge in [0.05, 0.1) is 18.1 Å². The van der Waals surface area contributed by atoms with E-state index in [0.29, 0.717) is 22.2 Å². The molecule has 7 nitrogen and oxygen atoms in total. The van der Waals surface area contributed by atoms with Crippen molar-refractivity contribution >= 4 is 68.6 Å². The molecular formula is C29H28N4O3S3. The minimum Gasteiger partial charge on any atom is -0.497 e. The number of benzene rings is 3. The summed E-state index contributed by atoms with van der Waals surface area (Å²) in [6.45, 7) is 3.52. The highest BCUT2D eigenvalue weighted by molar-refractivity contribution is 8.00. The molecule has 4 rings (SSSR count). The minimum absolute atomic E-state index is 0.0141. The number of methoxy groups -OCH3 is 1. The van der Waals surface area contributed by atoms with Gasteiger partial charge in [0.25, 0.3) is 0 Å². The van der Waals surface area contributed by atoms with Crippen molar-refractivity contribution in [2.45, 2.75) is 30.4 Å². The number of nitrogens with zero attached hydrogens (tertiary/aromatic N) is 1. The molecule has 0 radical (unpaired) electrons. The van der Waals surface area contributed by atoms with Crippen LogP contribution in [-0.2, 0) is 4.79 Å². The Bertz CT molecular complexity index is 1470. The first kappa shape index (κ1) is 28.3. The molecule has 1 heterocycles. The van der Waals surface area contributed by atoms with Crippen LogP contribution in [0.25, 0.3) is 11.3 Å². The number of hydrogen-bond donors (Lipinski definition) is 3. The second-order valence-electron chi connectivity index (χ2n) is 8.51. The molecule has 0 saturated carbocycles. The Hall–Kier alpha value is -3.73. The molecule has 0 saturated heterocycles. The van der Waals surface area contributed by atoms with E-state index in [1.54, 1.807) is 19.2 Å². The van der Waals surface area contributed by atoms with Gasteiger partial charge < -0.3 is 20.7 Å². The monoisotopic (exact) mass is 576 g/mol. The maximum atomic E-state index is 13.1. The van der Waals surface area contributed by atoms with E-state index in [9.17, 15) is 9.59 Å². The van der Waals surface area contributed by atoms with Gasteiger partial charge in [-0.25, -0.2) is 4.98 Å². The molecule has 0 aliphatic heterocycles. The van der Waals surface area contributed by atoms with Crippen LogP contribution in [0.15, 0.2) is 83.1 Å². The van der Waals surface area contributed by atoms with E-state index in [0.717, 1.165) is 33.3 Å². The molecule has 1 aromatic heterocycles. The fourth-order valence-electron chi connectivity index (χ4n) is 3.65. The normalized spacial score (nSPS) is 11.4. The molecule has 39 heavy (non-hydrogen) atoms. The number of thioether (sulfide) groups is 1. The first-order valence-corrected chi connectivity index (χ1v) is 14.4. The van der Waals surface area contributed by atoms with Crippen LogP contribution < -0.4 is 20.7 Å². The summed E-state index contributed by atoms with van der Waals surface area (Å²) < 4.78 is 5.30. The highest BCUT2D eigenvalue weighted by Crippen LogP contribution is 2.31. The minimum atomic E-state index is -0.297. The standard InChI is InChI=1S/C29H28N4O3S3/c1-4-26(27(35)33-29-32-25(17-38-29)20-7-5-9-23(15-20)36-3)39-24-10-6-8-22(16-24)31-28(37)30-21-13-11-19(12-14-21)18(2)34/h5-17,26H,4H2,1-3H3,(H2,30,31,37)(H,32,33,35). The molecule has 1 amide bonds. The van der Waals surface area contributed by atoms with Crippen LogP contribution >= 0.6 is 35.3 Å². The van der Waals surface area contributed by atoms with Crippen molar-refractivity contribution < 1.29 is 14.3 Å². The first-order chi connectivity index (χ1) is 18.8. The van der Waals surface area contributed by atoms with E-state index in [4.69, 9.17) is 17.0 Å². The third kappa shape index (κ3) is 7.89. The first-order valence-electron chi connectivity index (χ1n) is 12.2. The van der Waals surface area contributed by atoms with Crippen LogP contribution in [0.1, 0.15) is 30.6 Å². The van der Waals surface area contributed by atoms with Crippen LogP contribution in [-0.4, -0.2) is 34.1 Å². The topological polar surface area (TPSA) is 92.3 Å². The van der Waals surface area contributed by atoms with Crippen molar-refractivity contribution in [2.75, 3.05) is 23.1 Å². The maximum Gasteiger partial charge on any atom is 0.239 e. The lowest BCUT2D eigenvalue weighted by Gasteiger charge is -2.15. The molecule has 1 atom stereocenters. The van der Waals surface area contributed by atoms with Crippen LogP contribution in [0.4, 0.5) is 16.5 Å². The lowest BCUT2D eigenvalue weighted by molar-refractivity contribution is -0.115. The van der Waals surface area contributed by atoms with Crippen molar-refractivity contribution in [1.82, 2.24) is 4.98 Å². The molecule has 200 valence electrons. The lowest BCUT2D eigenvalue weighted by Crippen LogP contribution is -2.24. The Balaban J connectivity index is 1.35. The predicted octanol–water partition coefficient (Wildman–Crippen LogP) is 7.34. The van der Waals surface area contributed by atoms with Crippen LogP contribution in [0.2, 0.25) is 0 Å². The van der Waals surface area contributed by atoms with Crippen molar-refractivity contribution in [3.63, 3.8) is 0 Å². The molecule has 0 spiro atoms. The number of aromatic nitrogens is 1. The average molecular weight is 577 g/mol. The molecule has 1 unspecified atom stereocenters. The molecule has 4 aromatic rings. The fraction of sp³-hybridized carbons (Fsp3) is 0.172. The summed E-state index contributed by atoms with van der Waals surface area (Å²) in [6.07, 6.45) is 0.651. The van der Waals surface area contributed by atoms with Crippen LogP contribution in [0.3, 0.4) is 0 Å². The average Bonchev–Trinajstić information content (AvgIpc) is 3.40. The highest BCUT2D eigenvalue weighted by atomic mass is 32.2. The van der Waals surface area contributed by atoms with E-state index in [-0.39, 0.29) is 16.9 Å². The van der Waals surface area contributed by atoms with Gasteiger partial charge in [0.15, 0.2) is 16.0 Å². The number of carbonyl (C=O) groups is 2. The van der Waals surface area contributed by atoms with E-state index in [1.807, 2.05) is 73.0 Å². The Morgan fingerprint density at radius 2 is 1.74 bits per heavy atom. The number of nitrogens with one attached hydrogen (secondary N) is 3. The zero-order valence-electron chi connectivity index (χ0n) is 21.7. The summed E-state index contributed by atoms with van der Waals surface area (Å²) in [7, 11) is 1.63. The second-order valence-corrected chi connectivity index (χ2v) is 11.1. The molecular weight excluding hydrogens is 549 g/mol. The summed E-state index contributed by atoms with van der Waals surface area (Å²) in [5.41, 5.74) is 3.94. The predicted molar refractivity (Wildman–Crippen MR) is 165 cm³/mol. The van der Waals surface area contributed by atoms with Gasteiger partial charge in [0, 0.05) is 32.8 Å². The SMILES string of the molecule is CCC(Sc1cccc(NC(=S)Nc2ccc(C(C)=O)cc2)c1)C(=O)Nc1nc(-c2cccc(OC)c2)cs1. The van der Waals surface area contributed by atoms with Gasteiger partial charge in [-0.05, 0) is 80.2 Å². The van der Waals surface area contributed by atoms with Gasteiger partial charge in [0.2, 0.25) is 5.91 Å². The Kier molecular flexibility index (Phi) is 9.69. The van der Waals surface area contributed by atoms with E-state index in [1.165, 1.54) is 30.0 Å². The highest BCUT2D eigenvalue weighted by Gasteiger charge is 2.20. The zero-order valence-corrected chi connectivity index (χ0v) is 24.1. The molecule has 0 aliphatic carbocycles. The summed E-state index contributed by atoms with van der Waals surface area (Å²) in [5.74, 6) is 0.670. The van der Waals surface area contributed by atoms with E-state index >= 15 is 0 Å². The molecule has 0 fully saturated rings. The summed E-state index contributed by atoms with van der Waals surface area (Å²) in [4.78, 5) is 30.1. The number of thiocarbonyl (C=S) groups is 1. The van der Waals surface area contributed by atoms with Crippen LogP contribution in [0.5, 0.6) is 5.75 Å². The van der Waals surface area contributed by atoms with Crippen molar-refractivity contribution in [2.24, 2.45) is 0 Å². The van der Waals surface area contributed by atoms with Crippen molar-refractivity contribution in [3.05, 3.63) is 83.7 Å². The van der Waals surface area contributed by atoms with Gasteiger partial charge in [-0.2, -0.15) is 0 Å². The number of hydrogen-bond acceptors (Lipinski definition) is 7. The van der Waals surface area contributed by atoms with E-state index in [2.05, 4.69) is 20.9 Å². The van der Waals surface area contributed by atoms with Gasteiger partial charge in [-0.1, -0.05) is 25.1 Å². The Labute approximate surface area is 241 Å². The second kappa shape index (κ2) is 13.4. The summed E-state index contributed by atoms with van der Waals surface area (Å²) in [6, 6.07) is 22.5. The van der Waals surface area contributed by atoms with E-state index < -0.39 is 0 Å². The fourth-order valence-corrected chi connectivity index (χ4v) is 5.62. The molecule has 10 heteroatoms. The smallest absolute Gasteiger partial charge is 0.239 e. The van der Waals surface area contributed by atoms with Gasteiger partial charge >= 0.3 is 0 Å². The third-order valence-electron chi connectivity index (χ3n) is 5.68. The van der Waals surface area contributed by atoms with Crippen molar-refractivity contribution in [3.8, 4) is 17.0 Å². The Morgan fingerprint density at radius 1 is 1.00 bits per heavy atom. The zero-order chi connectivity index (χ0) is 27.8. The lowest BCUT2D eigenvalue weighted by atomic mass is 10.1. The summed E-state index contributed by atoms with van der Waals surface area (Å²) >= 11 is 8.33. The molecule has 3 aromatic carbocycles. The number of rotatable bonds is 10. The number of ether oxygens (including phenoxy) is 1. The molecule has 0 bridgehead atoms. The van der Waals surface area contributed by atoms with Gasteiger partial charge in [-0.15, -0.1) is 23.1 Å². The number of carbonyl (C=O) groups excluding carboxylic acids is 2. The summed E-state index contributed by atoms with van der Waals surface area (Å²) in [5, 5.41) is 11.9. The number of amides is 1. The number of anilines is 3. The Morgan fingerprint density at radius 3 is 2.46 bits per heavy atom. The quantitative estimate of drug-likeness (QED) is 0.103. The number of Topliss-reactive ketones (excluding diaryl/α,β-unsaturated/α-hetero) is 1. The molecule has 3 N–H and O–H groups in total. The number of thiazole rings is 1. The van der Waals surface area contributed by atoms with Crippen LogP contribution in [0, 0.1) is 0 Å².